The van der Waals surface area contributed by atoms with Crippen LogP contribution in [0.3, 0.4) is 0 Å². The summed E-state index contributed by atoms with van der Waals surface area (Å²) in [5, 5.41) is 0. The van der Waals surface area contributed by atoms with E-state index in [4.69, 9.17) is 13.6 Å². The second-order valence-corrected chi connectivity index (χ2v) is 3.17. The number of oxazole rings is 1. The minimum atomic E-state index is -0.498. The molecule has 2 aromatic heterocycles. The lowest BCUT2D eigenvalue weighted by Gasteiger charge is -1.96. The average molecular weight is 221 g/mol. The molecule has 2 rings (SSSR count). The van der Waals surface area contributed by atoms with Crippen LogP contribution >= 0.6 is 0 Å². The van der Waals surface area contributed by atoms with E-state index >= 15 is 0 Å². The Morgan fingerprint density at radius 2 is 2.38 bits per heavy atom. The topological polar surface area (TPSA) is 65.5 Å². The number of rotatable bonds is 3. The van der Waals surface area contributed by atoms with Gasteiger partial charge >= 0.3 is 5.97 Å². The van der Waals surface area contributed by atoms with E-state index in [0.29, 0.717) is 23.8 Å². The third kappa shape index (κ3) is 1.84. The van der Waals surface area contributed by atoms with Crippen LogP contribution in [-0.4, -0.2) is 17.6 Å². The average Bonchev–Trinajstić information content (AvgIpc) is 2.86. The van der Waals surface area contributed by atoms with E-state index in [0.717, 1.165) is 0 Å². The summed E-state index contributed by atoms with van der Waals surface area (Å²) in [6, 6.07) is 1.71. The molecular weight excluding hydrogens is 210 g/mol. The maximum atomic E-state index is 11.5. The number of carbonyl (C=O) groups is 1. The standard InChI is InChI=1S/C11H11NO4/c1-3-15-11(13)9-7(2)12-10(16-9)8-4-5-14-6-8/h4-6H,3H2,1-2H3. The van der Waals surface area contributed by atoms with Gasteiger partial charge in [-0.25, -0.2) is 9.78 Å². The maximum absolute atomic E-state index is 11.5. The van der Waals surface area contributed by atoms with Crippen molar-refractivity contribution < 1.29 is 18.4 Å². The van der Waals surface area contributed by atoms with Gasteiger partial charge in [-0.1, -0.05) is 0 Å². The molecule has 16 heavy (non-hydrogen) atoms. The van der Waals surface area contributed by atoms with Crippen molar-refractivity contribution in [1.29, 1.82) is 0 Å². The van der Waals surface area contributed by atoms with E-state index in [2.05, 4.69) is 4.98 Å². The molecule has 5 heteroatoms. The quantitative estimate of drug-likeness (QED) is 0.744. The summed E-state index contributed by atoms with van der Waals surface area (Å²) in [4.78, 5) is 15.6. The molecule has 84 valence electrons. The number of aromatic nitrogens is 1. The molecule has 0 atom stereocenters. The Labute approximate surface area is 92.0 Å². The van der Waals surface area contributed by atoms with Gasteiger partial charge in [0.05, 0.1) is 24.1 Å². The van der Waals surface area contributed by atoms with Crippen molar-refractivity contribution >= 4 is 5.97 Å². The van der Waals surface area contributed by atoms with E-state index in [1.54, 1.807) is 19.9 Å². The largest absolute Gasteiger partial charge is 0.472 e. The van der Waals surface area contributed by atoms with Gasteiger partial charge in [-0.2, -0.15) is 0 Å². The highest BCUT2D eigenvalue weighted by molar-refractivity contribution is 5.87. The van der Waals surface area contributed by atoms with Crippen molar-refractivity contribution in [3.8, 4) is 11.5 Å². The molecule has 5 nitrogen and oxygen atoms in total. The van der Waals surface area contributed by atoms with E-state index in [1.807, 2.05) is 0 Å². The van der Waals surface area contributed by atoms with Crippen LogP contribution in [0.15, 0.2) is 27.4 Å². The first-order valence-corrected chi connectivity index (χ1v) is 4.89. The first-order chi connectivity index (χ1) is 7.72. The highest BCUT2D eigenvalue weighted by Crippen LogP contribution is 2.22. The molecule has 0 aromatic carbocycles. The van der Waals surface area contributed by atoms with Gasteiger partial charge in [0, 0.05) is 0 Å². The monoisotopic (exact) mass is 221 g/mol. The summed E-state index contributed by atoms with van der Waals surface area (Å²) in [5.74, 6) is -0.00500. The normalized spacial score (nSPS) is 10.4. The van der Waals surface area contributed by atoms with Gasteiger partial charge in [-0.3, -0.25) is 0 Å². The number of furan rings is 1. The van der Waals surface area contributed by atoms with Gasteiger partial charge < -0.3 is 13.6 Å². The smallest absolute Gasteiger partial charge is 0.376 e. The molecule has 0 aliphatic rings. The molecule has 2 aromatic rings. The molecule has 0 unspecified atom stereocenters. The first-order valence-electron chi connectivity index (χ1n) is 4.89. The van der Waals surface area contributed by atoms with Crippen LogP contribution in [0.4, 0.5) is 0 Å². The van der Waals surface area contributed by atoms with E-state index in [9.17, 15) is 4.79 Å². The van der Waals surface area contributed by atoms with Crippen molar-refractivity contribution in [3.63, 3.8) is 0 Å². The molecule has 0 aliphatic heterocycles. The minimum absolute atomic E-state index is 0.137. The molecule has 0 saturated heterocycles. The number of esters is 1. The fourth-order valence-electron chi connectivity index (χ4n) is 1.29. The van der Waals surface area contributed by atoms with Gasteiger partial charge in [0.15, 0.2) is 0 Å². The van der Waals surface area contributed by atoms with E-state index < -0.39 is 5.97 Å². The summed E-state index contributed by atoms with van der Waals surface area (Å²) in [7, 11) is 0. The summed E-state index contributed by atoms with van der Waals surface area (Å²) in [6.45, 7) is 3.74. The number of ether oxygens (including phenoxy) is 1. The molecule has 0 saturated carbocycles. The van der Waals surface area contributed by atoms with Crippen molar-refractivity contribution in [1.82, 2.24) is 4.98 Å². The number of hydrogen-bond acceptors (Lipinski definition) is 5. The number of aryl methyl sites for hydroxylation is 1. The molecule has 0 bridgehead atoms. The summed E-state index contributed by atoms with van der Waals surface area (Å²) in [5.41, 5.74) is 1.20. The molecule has 0 fully saturated rings. The summed E-state index contributed by atoms with van der Waals surface area (Å²) in [6.07, 6.45) is 3.01. The van der Waals surface area contributed by atoms with E-state index in [-0.39, 0.29) is 5.76 Å². The van der Waals surface area contributed by atoms with Gasteiger partial charge in [-0.05, 0) is 19.9 Å². The summed E-state index contributed by atoms with van der Waals surface area (Å²) >= 11 is 0. The van der Waals surface area contributed by atoms with Gasteiger partial charge in [-0.15, -0.1) is 0 Å². The zero-order valence-electron chi connectivity index (χ0n) is 9.02. The zero-order chi connectivity index (χ0) is 11.5. The Bertz CT molecular complexity index is 484. The molecule has 0 amide bonds. The molecule has 0 radical (unpaired) electrons. The fraction of sp³-hybridized carbons (Fsp3) is 0.273. The van der Waals surface area contributed by atoms with Crippen molar-refractivity contribution in [2.75, 3.05) is 6.61 Å². The molecule has 0 aliphatic carbocycles. The Morgan fingerprint density at radius 3 is 3.00 bits per heavy atom. The van der Waals surface area contributed by atoms with Gasteiger partial charge in [0.25, 0.3) is 0 Å². The third-order valence-electron chi connectivity index (χ3n) is 2.03. The van der Waals surface area contributed by atoms with Crippen LogP contribution in [0, 0.1) is 6.92 Å². The SMILES string of the molecule is CCOC(=O)c1oc(-c2ccoc2)nc1C. The molecule has 0 N–H and O–H groups in total. The van der Waals surface area contributed by atoms with Crippen LogP contribution in [-0.2, 0) is 4.74 Å². The van der Waals surface area contributed by atoms with Crippen LogP contribution in [0.1, 0.15) is 23.2 Å². The highest BCUT2D eigenvalue weighted by atomic mass is 16.5. The maximum Gasteiger partial charge on any atom is 0.376 e. The number of hydrogen-bond donors (Lipinski definition) is 0. The highest BCUT2D eigenvalue weighted by Gasteiger charge is 2.19. The lowest BCUT2D eigenvalue weighted by atomic mass is 10.3. The lowest BCUT2D eigenvalue weighted by Crippen LogP contribution is -2.04. The number of carbonyl (C=O) groups excluding carboxylic acids is 1. The van der Waals surface area contributed by atoms with Crippen LogP contribution in [0.2, 0.25) is 0 Å². The van der Waals surface area contributed by atoms with Crippen molar-refractivity contribution in [3.05, 3.63) is 30.0 Å². The van der Waals surface area contributed by atoms with E-state index in [1.165, 1.54) is 12.5 Å². The van der Waals surface area contributed by atoms with Crippen LogP contribution < -0.4 is 0 Å². The second-order valence-electron chi connectivity index (χ2n) is 3.17. The Morgan fingerprint density at radius 1 is 1.56 bits per heavy atom. The lowest BCUT2D eigenvalue weighted by molar-refractivity contribution is 0.0490. The Kier molecular flexibility index (Phi) is 2.76. The predicted molar refractivity (Wildman–Crippen MR) is 54.9 cm³/mol. The van der Waals surface area contributed by atoms with Crippen LogP contribution in [0.25, 0.3) is 11.5 Å². The Balaban J connectivity index is 2.32. The first kappa shape index (κ1) is 10.5. The predicted octanol–water partition coefficient (Wildman–Crippen LogP) is 2.42. The number of nitrogens with zero attached hydrogens (tertiary/aromatic N) is 1. The minimum Gasteiger partial charge on any atom is -0.472 e. The van der Waals surface area contributed by atoms with Crippen molar-refractivity contribution in [2.45, 2.75) is 13.8 Å². The summed E-state index contributed by atoms with van der Waals surface area (Å²) < 4.78 is 15.1. The molecule has 2 heterocycles. The van der Waals surface area contributed by atoms with Crippen LogP contribution in [0.5, 0.6) is 0 Å². The second kappa shape index (κ2) is 4.22. The Hall–Kier alpha value is -2.04. The third-order valence-corrected chi connectivity index (χ3v) is 2.03. The van der Waals surface area contributed by atoms with Crippen molar-refractivity contribution in [2.24, 2.45) is 0 Å². The zero-order valence-corrected chi connectivity index (χ0v) is 9.02. The fourth-order valence-corrected chi connectivity index (χ4v) is 1.29. The van der Waals surface area contributed by atoms with Gasteiger partial charge in [0.2, 0.25) is 11.7 Å². The molecule has 0 spiro atoms. The molecular formula is C11H11NO4. The van der Waals surface area contributed by atoms with Gasteiger partial charge in [0.1, 0.15) is 6.26 Å².